The quantitative estimate of drug-likeness (QED) is 0.734. The molecule has 0 aromatic heterocycles. The van der Waals surface area contributed by atoms with Gasteiger partial charge in [0.1, 0.15) is 17.1 Å². The summed E-state index contributed by atoms with van der Waals surface area (Å²) in [5.74, 6) is -0.775. The summed E-state index contributed by atoms with van der Waals surface area (Å²) in [6, 6.07) is 4.31. The molecule has 1 amide bonds. The third kappa shape index (κ3) is 3.71. The number of methoxy groups -OCH3 is 1. The molecular formula is C12H17FN2O2. The third-order valence-corrected chi connectivity index (χ3v) is 2.31. The molecule has 1 aromatic carbocycles. The summed E-state index contributed by atoms with van der Waals surface area (Å²) in [7, 11) is 3.24. The second-order valence-electron chi connectivity index (χ2n) is 3.53. The fraction of sp³-hybridized carbons (Fsp3) is 0.417. The molecular weight excluding hydrogens is 223 g/mol. The summed E-state index contributed by atoms with van der Waals surface area (Å²) in [6.07, 6.45) is 0.791. The first-order chi connectivity index (χ1) is 8.20. The van der Waals surface area contributed by atoms with Crippen molar-refractivity contribution < 1.29 is 13.9 Å². The first-order valence-corrected chi connectivity index (χ1v) is 5.46. The normalized spacial score (nSPS) is 10.1. The van der Waals surface area contributed by atoms with E-state index in [0.29, 0.717) is 6.54 Å². The number of halogens is 1. The van der Waals surface area contributed by atoms with Crippen molar-refractivity contribution in [2.24, 2.45) is 0 Å². The minimum Gasteiger partial charge on any atom is -0.496 e. The molecule has 4 nitrogen and oxygen atoms in total. The van der Waals surface area contributed by atoms with Crippen LogP contribution in [0.2, 0.25) is 0 Å². The van der Waals surface area contributed by atoms with Gasteiger partial charge in [-0.15, -0.1) is 0 Å². The zero-order valence-electron chi connectivity index (χ0n) is 10.0. The summed E-state index contributed by atoms with van der Waals surface area (Å²) in [5, 5.41) is 5.62. The largest absolute Gasteiger partial charge is 0.496 e. The van der Waals surface area contributed by atoms with Gasteiger partial charge in [-0.05, 0) is 32.1 Å². The molecule has 0 unspecified atom stereocenters. The smallest absolute Gasteiger partial charge is 0.258 e. The number of benzene rings is 1. The highest BCUT2D eigenvalue weighted by Crippen LogP contribution is 2.20. The number of ether oxygens (including phenoxy) is 1. The molecule has 94 valence electrons. The van der Waals surface area contributed by atoms with Gasteiger partial charge in [0.2, 0.25) is 0 Å². The second-order valence-corrected chi connectivity index (χ2v) is 3.53. The van der Waals surface area contributed by atoms with Gasteiger partial charge in [0, 0.05) is 6.54 Å². The molecule has 0 aliphatic carbocycles. The molecule has 0 bridgehead atoms. The van der Waals surface area contributed by atoms with Crippen molar-refractivity contribution in [3.05, 3.63) is 29.6 Å². The Morgan fingerprint density at radius 1 is 1.41 bits per heavy atom. The standard InChI is InChI=1S/C12H17FN2O2/c1-14-7-4-8-15-12(16)11-9(13)5-3-6-10(11)17-2/h3,5-6,14H,4,7-8H2,1-2H3,(H,15,16). The van der Waals surface area contributed by atoms with Crippen LogP contribution in [0.1, 0.15) is 16.8 Å². The van der Waals surface area contributed by atoms with Gasteiger partial charge in [0.05, 0.1) is 7.11 Å². The van der Waals surface area contributed by atoms with Crippen molar-refractivity contribution >= 4 is 5.91 Å². The minimum atomic E-state index is -0.574. The molecule has 2 N–H and O–H groups in total. The van der Waals surface area contributed by atoms with Gasteiger partial charge >= 0.3 is 0 Å². The number of hydrogen-bond donors (Lipinski definition) is 2. The molecule has 0 saturated carbocycles. The fourth-order valence-corrected chi connectivity index (χ4v) is 1.45. The van der Waals surface area contributed by atoms with E-state index in [4.69, 9.17) is 4.74 Å². The molecule has 0 radical (unpaired) electrons. The Bertz CT molecular complexity index is 383. The molecule has 17 heavy (non-hydrogen) atoms. The Morgan fingerprint density at radius 3 is 2.82 bits per heavy atom. The van der Waals surface area contributed by atoms with Gasteiger partial charge in [-0.1, -0.05) is 6.07 Å². The van der Waals surface area contributed by atoms with Crippen molar-refractivity contribution in [2.45, 2.75) is 6.42 Å². The van der Waals surface area contributed by atoms with E-state index in [2.05, 4.69) is 10.6 Å². The highest BCUT2D eigenvalue weighted by atomic mass is 19.1. The SMILES string of the molecule is CNCCCNC(=O)c1c(F)cccc1OC. The number of carbonyl (C=O) groups is 1. The minimum absolute atomic E-state index is 0.0422. The maximum absolute atomic E-state index is 13.5. The van der Waals surface area contributed by atoms with Gasteiger partial charge in [-0.2, -0.15) is 0 Å². The van der Waals surface area contributed by atoms with Crippen LogP contribution in [-0.2, 0) is 0 Å². The van der Waals surface area contributed by atoms with Crippen molar-refractivity contribution in [1.29, 1.82) is 0 Å². The van der Waals surface area contributed by atoms with E-state index in [9.17, 15) is 9.18 Å². The van der Waals surface area contributed by atoms with Crippen molar-refractivity contribution in [3.8, 4) is 5.75 Å². The first kappa shape index (κ1) is 13.4. The molecule has 0 heterocycles. The Balaban J connectivity index is 2.68. The second kappa shape index (κ2) is 6.85. The Morgan fingerprint density at radius 2 is 2.18 bits per heavy atom. The van der Waals surface area contributed by atoms with Crippen molar-refractivity contribution in [3.63, 3.8) is 0 Å². The van der Waals surface area contributed by atoms with E-state index < -0.39 is 11.7 Å². The van der Waals surface area contributed by atoms with Gasteiger partial charge in [-0.25, -0.2) is 4.39 Å². The van der Waals surface area contributed by atoms with Gasteiger partial charge < -0.3 is 15.4 Å². The molecule has 0 aliphatic heterocycles. The predicted molar refractivity (Wildman–Crippen MR) is 63.8 cm³/mol. The monoisotopic (exact) mass is 240 g/mol. The van der Waals surface area contributed by atoms with Crippen molar-refractivity contribution in [1.82, 2.24) is 10.6 Å². The van der Waals surface area contributed by atoms with Gasteiger partial charge in [0.25, 0.3) is 5.91 Å². The summed E-state index contributed by atoms with van der Waals surface area (Å²) in [6.45, 7) is 1.30. The van der Waals surface area contributed by atoms with Crippen LogP contribution in [0.25, 0.3) is 0 Å². The van der Waals surface area contributed by atoms with Crippen LogP contribution in [0.4, 0.5) is 4.39 Å². The van der Waals surface area contributed by atoms with Gasteiger partial charge in [-0.3, -0.25) is 4.79 Å². The molecule has 1 aromatic rings. The number of carbonyl (C=O) groups excluding carboxylic acids is 1. The molecule has 0 atom stereocenters. The van der Waals surface area contributed by atoms with Crippen molar-refractivity contribution in [2.75, 3.05) is 27.2 Å². The maximum Gasteiger partial charge on any atom is 0.258 e. The summed E-state index contributed by atoms with van der Waals surface area (Å²) in [4.78, 5) is 11.8. The topological polar surface area (TPSA) is 50.4 Å². The molecule has 0 aliphatic rings. The Kier molecular flexibility index (Phi) is 5.42. The van der Waals surface area contributed by atoms with E-state index in [0.717, 1.165) is 13.0 Å². The molecule has 1 rings (SSSR count). The van der Waals surface area contributed by atoms with Gasteiger partial charge in [0.15, 0.2) is 0 Å². The summed E-state index contributed by atoms with van der Waals surface area (Å²) in [5.41, 5.74) is -0.0422. The Hall–Kier alpha value is -1.62. The summed E-state index contributed by atoms with van der Waals surface area (Å²) >= 11 is 0. The summed E-state index contributed by atoms with van der Waals surface area (Å²) < 4.78 is 18.5. The lowest BCUT2D eigenvalue weighted by Crippen LogP contribution is -2.27. The molecule has 5 heteroatoms. The molecule has 0 spiro atoms. The predicted octanol–water partition coefficient (Wildman–Crippen LogP) is 1.17. The lowest BCUT2D eigenvalue weighted by atomic mass is 10.1. The maximum atomic E-state index is 13.5. The lowest BCUT2D eigenvalue weighted by Gasteiger charge is -2.09. The van der Waals surface area contributed by atoms with Crippen LogP contribution in [0, 0.1) is 5.82 Å². The molecule has 0 fully saturated rings. The van der Waals surface area contributed by atoms with Crippen LogP contribution < -0.4 is 15.4 Å². The average Bonchev–Trinajstić information content (AvgIpc) is 2.34. The van der Waals surface area contributed by atoms with Crippen LogP contribution in [0.3, 0.4) is 0 Å². The fourth-order valence-electron chi connectivity index (χ4n) is 1.45. The number of amides is 1. The zero-order valence-corrected chi connectivity index (χ0v) is 10.0. The van der Waals surface area contributed by atoms with E-state index in [1.165, 1.54) is 19.2 Å². The van der Waals surface area contributed by atoms with Crippen LogP contribution in [0.15, 0.2) is 18.2 Å². The number of rotatable bonds is 6. The highest BCUT2D eigenvalue weighted by Gasteiger charge is 2.16. The zero-order chi connectivity index (χ0) is 12.7. The van der Waals surface area contributed by atoms with Crippen LogP contribution in [0.5, 0.6) is 5.75 Å². The number of hydrogen-bond acceptors (Lipinski definition) is 3. The van der Waals surface area contributed by atoms with Crippen LogP contribution in [-0.4, -0.2) is 33.2 Å². The van der Waals surface area contributed by atoms with E-state index in [-0.39, 0.29) is 11.3 Å². The third-order valence-electron chi connectivity index (χ3n) is 2.31. The average molecular weight is 240 g/mol. The van der Waals surface area contributed by atoms with Crippen LogP contribution >= 0.6 is 0 Å². The van der Waals surface area contributed by atoms with E-state index >= 15 is 0 Å². The van der Waals surface area contributed by atoms with E-state index in [1.807, 2.05) is 7.05 Å². The molecule has 0 saturated heterocycles. The Labute approximate surface area is 100 Å². The van der Waals surface area contributed by atoms with E-state index in [1.54, 1.807) is 6.07 Å². The highest BCUT2D eigenvalue weighted by molar-refractivity contribution is 5.97. The first-order valence-electron chi connectivity index (χ1n) is 5.46. The lowest BCUT2D eigenvalue weighted by molar-refractivity contribution is 0.0946. The number of nitrogens with one attached hydrogen (secondary N) is 2.